The molecule has 0 aromatic carbocycles. The van der Waals surface area contributed by atoms with Gasteiger partial charge in [-0.3, -0.25) is 0 Å². The van der Waals surface area contributed by atoms with Crippen LogP contribution in [-0.2, 0) is 0 Å². The predicted molar refractivity (Wildman–Crippen MR) is 122 cm³/mol. The fourth-order valence-corrected chi connectivity index (χ4v) is 9.91. The average Bonchev–Trinajstić information content (AvgIpc) is 3.11. The van der Waals surface area contributed by atoms with E-state index >= 15 is 0 Å². The van der Waals surface area contributed by atoms with Crippen molar-refractivity contribution in [2.75, 3.05) is 6.54 Å². The van der Waals surface area contributed by atoms with Crippen molar-refractivity contribution < 1.29 is 10.2 Å². The zero-order valence-corrected chi connectivity index (χ0v) is 19.8. The quantitative estimate of drug-likeness (QED) is 0.595. The third-order valence-corrected chi connectivity index (χ3v) is 11.6. The minimum absolute atomic E-state index is 0.0416. The van der Waals surface area contributed by atoms with Crippen LogP contribution in [-0.4, -0.2) is 35.0 Å². The zero-order valence-electron chi connectivity index (χ0n) is 19.8. The van der Waals surface area contributed by atoms with E-state index in [2.05, 4.69) is 26.1 Å². The van der Waals surface area contributed by atoms with Crippen molar-refractivity contribution in [3.05, 3.63) is 0 Å². The molecule has 2 unspecified atom stereocenters. The standard InChI is InChI=1S/C27H47NO2/c1-17(25(30)24-6-4-5-15-28-24)21-9-10-22-20-8-7-18-16-19(29)11-13-26(18,2)23(20)12-14-27(21,22)3/h17-25,28-30H,4-16H2,1-3H3/t17-,18?,19-,20-,21+,22-,23-,24?,25-,26-,27+/m0/s1. The van der Waals surface area contributed by atoms with Crippen molar-refractivity contribution in [1.82, 2.24) is 5.32 Å². The van der Waals surface area contributed by atoms with Crippen LogP contribution in [0.4, 0.5) is 0 Å². The molecule has 5 fully saturated rings. The minimum Gasteiger partial charge on any atom is -0.393 e. The van der Waals surface area contributed by atoms with Crippen molar-refractivity contribution in [3.63, 3.8) is 0 Å². The SMILES string of the molecule is C[C@H]([C@H](O)C1CCCCN1)[C@H]1CC[C@H]2[C@@H]3CCC4C[C@@H](O)CC[C@]4(C)[C@H]3CC[C@]12C. The summed E-state index contributed by atoms with van der Waals surface area (Å²) in [6.07, 6.45) is 15.0. The monoisotopic (exact) mass is 417 g/mol. The van der Waals surface area contributed by atoms with Crippen LogP contribution in [0.25, 0.3) is 0 Å². The van der Waals surface area contributed by atoms with Crippen molar-refractivity contribution >= 4 is 0 Å². The lowest BCUT2D eigenvalue weighted by Gasteiger charge is -2.61. The first-order valence-corrected chi connectivity index (χ1v) is 13.4. The van der Waals surface area contributed by atoms with E-state index in [0.29, 0.717) is 28.7 Å². The van der Waals surface area contributed by atoms with Gasteiger partial charge in [0.25, 0.3) is 0 Å². The first-order chi connectivity index (χ1) is 14.3. The molecule has 30 heavy (non-hydrogen) atoms. The Hall–Kier alpha value is -0.120. The maximum Gasteiger partial charge on any atom is 0.0721 e. The molecule has 1 saturated heterocycles. The summed E-state index contributed by atoms with van der Waals surface area (Å²) in [5.74, 6) is 4.47. The van der Waals surface area contributed by atoms with Gasteiger partial charge in [0.1, 0.15) is 0 Å². The molecule has 1 heterocycles. The van der Waals surface area contributed by atoms with Crippen LogP contribution in [0.5, 0.6) is 0 Å². The molecular formula is C27H47NO2. The molecule has 4 saturated carbocycles. The summed E-state index contributed by atoms with van der Waals surface area (Å²) in [4.78, 5) is 0. The smallest absolute Gasteiger partial charge is 0.0721 e. The highest BCUT2D eigenvalue weighted by atomic mass is 16.3. The highest BCUT2D eigenvalue weighted by molar-refractivity contribution is 5.10. The van der Waals surface area contributed by atoms with Crippen molar-refractivity contribution in [1.29, 1.82) is 0 Å². The summed E-state index contributed by atoms with van der Waals surface area (Å²) in [5, 5.41) is 25.2. The average molecular weight is 418 g/mol. The molecule has 3 N–H and O–H groups in total. The summed E-state index contributed by atoms with van der Waals surface area (Å²) in [5.41, 5.74) is 0.895. The number of nitrogens with one attached hydrogen (secondary N) is 1. The van der Waals surface area contributed by atoms with Crippen LogP contribution in [0.3, 0.4) is 0 Å². The van der Waals surface area contributed by atoms with Crippen LogP contribution in [0.1, 0.15) is 97.8 Å². The molecule has 1 aliphatic heterocycles. The predicted octanol–water partition coefficient (Wildman–Crippen LogP) is 5.15. The Morgan fingerprint density at radius 3 is 2.40 bits per heavy atom. The number of piperidine rings is 1. The van der Waals surface area contributed by atoms with Gasteiger partial charge < -0.3 is 15.5 Å². The molecule has 3 heteroatoms. The zero-order chi connectivity index (χ0) is 21.1. The molecular weight excluding hydrogens is 370 g/mol. The van der Waals surface area contributed by atoms with E-state index in [4.69, 9.17) is 0 Å². The van der Waals surface area contributed by atoms with Gasteiger partial charge >= 0.3 is 0 Å². The van der Waals surface area contributed by atoms with E-state index in [9.17, 15) is 10.2 Å². The third-order valence-electron chi connectivity index (χ3n) is 11.6. The molecule has 5 rings (SSSR count). The summed E-state index contributed by atoms with van der Waals surface area (Å²) < 4.78 is 0. The van der Waals surface area contributed by atoms with Gasteiger partial charge in [-0.05, 0) is 124 Å². The summed E-state index contributed by atoms with van der Waals surface area (Å²) in [7, 11) is 0. The Kier molecular flexibility index (Phi) is 5.81. The highest BCUT2D eigenvalue weighted by Gasteiger charge is 2.61. The number of aliphatic hydroxyl groups is 2. The molecule has 5 aliphatic rings. The summed E-state index contributed by atoms with van der Waals surface area (Å²) in [6, 6.07) is 0.316. The fraction of sp³-hybridized carbons (Fsp3) is 1.00. The maximum atomic E-state index is 11.3. The molecule has 0 aromatic rings. The molecule has 4 aliphatic carbocycles. The normalized spacial score (nSPS) is 53.3. The van der Waals surface area contributed by atoms with Gasteiger partial charge in [-0.15, -0.1) is 0 Å². The van der Waals surface area contributed by atoms with E-state index < -0.39 is 0 Å². The number of hydrogen-bond acceptors (Lipinski definition) is 3. The van der Waals surface area contributed by atoms with Crippen molar-refractivity contribution in [2.45, 2.75) is 116 Å². The van der Waals surface area contributed by atoms with Crippen LogP contribution >= 0.6 is 0 Å². The number of hydrogen-bond donors (Lipinski definition) is 3. The van der Waals surface area contributed by atoms with E-state index in [1.54, 1.807) is 0 Å². The maximum absolute atomic E-state index is 11.3. The molecule has 0 spiro atoms. The first-order valence-electron chi connectivity index (χ1n) is 13.4. The van der Waals surface area contributed by atoms with Gasteiger partial charge in [0.05, 0.1) is 12.2 Å². The van der Waals surface area contributed by atoms with Crippen LogP contribution in [0.15, 0.2) is 0 Å². The van der Waals surface area contributed by atoms with Gasteiger partial charge in [0, 0.05) is 6.04 Å². The number of rotatable bonds is 3. The minimum atomic E-state index is -0.184. The molecule has 11 atom stereocenters. The second-order valence-electron chi connectivity index (χ2n) is 12.7. The van der Waals surface area contributed by atoms with Gasteiger partial charge in [0.2, 0.25) is 0 Å². The Labute approximate surface area is 184 Å². The van der Waals surface area contributed by atoms with E-state index in [1.165, 1.54) is 57.8 Å². The number of fused-ring (bicyclic) bond motifs is 5. The molecule has 3 nitrogen and oxygen atoms in total. The molecule has 0 radical (unpaired) electrons. The van der Waals surface area contributed by atoms with E-state index in [0.717, 1.165) is 49.5 Å². The van der Waals surface area contributed by atoms with Gasteiger partial charge in [-0.25, -0.2) is 0 Å². The van der Waals surface area contributed by atoms with Gasteiger partial charge in [-0.1, -0.05) is 27.2 Å². The highest BCUT2D eigenvalue weighted by Crippen LogP contribution is 2.68. The lowest BCUT2D eigenvalue weighted by Crippen LogP contribution is -2.55. The topological polar surface area (TPSA) is 52.5 Å². The van der Waals surface area contributed by atoms with Gasteiger partial charge in [0.15, 0.2) is 0 Å². The first kappa shape index (κ1) is 21.7. The summed E-state index contributed by atoms with van der Waals surface area (Å²) in [6.45, 7) is 8.65. The Morgan fingerprint density at radius 2 is 1.63 bits per heavy atom. The second kappa shape index (κ2) is 8.03. The summed E-state index contributed by atoms with van der Waals surface area (Å²) >= 11 is 0. The third kappa shape index (κ3) is 3.32. The lowest BCUT2D eigenvalue weighted by molar-refractivity contribution is -0.132. The number of aliphatic hydroxyl groups excluding tert-OH is 2. The Bertz CT molecular complexity index is 618. The lowest BCUT2D eigenvalue weighted by atomic mass is 9.44. The van der Waals surface area contributed by atoms with Gasteiger partial charge in [-0.2, -0.15) is 0 Å². The van der Waals surface area contributed by atoms with Crippen LogP contribution in [0.2, 0.25) is 0 Å². The molecule has 172 valence electrons. The molecule has 0 aromatic heterocycles. The molecule has 0 bridgehead atoms. The van der Waals surface area contributed by atoms with Crippen LogP contribution in [0, 0.1) is 46.3 Å². The van der Waals surface area contributed by atoms with Crippen LogP contribution < -0.4 is 5.32 Å². The Morgan fingerprint density at radius 1 is 0.867 bits per heavy atom. The molecule has 0 amide bonds. The fourth-order valence-electron chi connectivity index (χ4n) is 9.91. The van der Waals surface area contributed by atoms with Crippen molar-refractivity contribution in [3.8, 4) is 0 Å². The second-order valence-corrected chi connectivity index (χ2v) is 12.7. The largest absolute Gasteiger partial charge is 0.393 e. The van der Waals surface area contributed by atoms with Crippen molar-refractivity contribution in [2.24, 2.45) is 46.3 Å². The van der Waals surface area contributed by atoms with E-state index in [-0.39, 0.29) is 12.2 Å². The van der Waals surface area contributed by atoms with E-state index in [1.807, 2.05) is 0 Å². The Balaban J connectivity index is 1.33.